The van der Waals surface area contributed by atoms with Crippen molar-refractivity contribution >= 4 is 28.5 Å². The molecular weight excluding hydrogens is 470 g/mol. The number of aryl methyl sites for hydroxylation is 2. The Bertz CT molecular complexity index is 1330. The fourth-order valence-electron chi connectivity index (χ4n) is 4.56. The van der Waals surface area contributed by atoms with Gasteiger partial charge in [0, 0.05) is 17.2 Å². The largest absolute Gasteiger partial charge is 0.449 e. The molecule has 0 radical (unpaired) electrons. The molecule has 7 heteroatoms. The molecule has 182 valence electrons. The van der Waals surface area contributed by atoms with Gasteiger partial charge in [0.1, 0.15) is 12.6 Å². The van der Waals surface area contributed by atoms with Gasteiger partial charge < -0.3 is 15.4 Å². The fraction of sp³-hybridized carbons (Fsp3) is 0.207. The average molecular weight is 498 g/mol. The zero-order chi connectivity index (χ0) is 25.1. The first-order chi connectivity index (χ1) is 17.5. The molecular formula is C29H27N3O3S. The first-order valence-corrected chi connectivity index (χ1v) is 12.7. The number of nitrogens with zero attached hydrogens (tertiary/aromatic N) is 1. The average Bonchev–Trinajstić information content (AvgIpc) is 3.38. The van der Waals surface area contributed by atoms with E-state index in [1.807, 2.05) is 68.4 Å². The second-order valence-corrected chi connectivity index (χ2v) is 10.1. The van der Waals surface area contributed by atoms with Crippen LogP contribution in [-0.2, 0) is 16.0 Å². The summed E-state index contributed by atoms with van der Waals surface area (Å²) in [4.78, 5) is 31.5. The summed E-state index contributed by atoms with van der Waals surface area (Å²) in [6.45, 7) is 4.04. The number of nitrogens with one attached hydrogen (secondary N) is 2. The highest BCUT2D eigenvalue weighted by Crippen LogP contribution is 2.44. The second kappa shape index (κ2) is 10.3. The molecule has 1 heterocycles. The van der Waals surface area contributed by atoms with Gasteiger partial charge in [0.15, 0.2) is 5.13 Å². The molecule has 6 nitrogen and oxygen atoms in total. The van der Waals surface area contributed by atoms with Crippen LogP contribution in [0, 0.1) is 13.8 Å². The van der Waals surface area contributed by atoms with Crippen molar-refractivity contribution in [2.45, 2.75) is 32.2 Å². The first-order valence-electron chi connectivity index (χ1n) is 11.9. The molecule has 1 aromatic heterocycles. The van der Waals surface area contributed by atoms with E-state index in [0.717, 1.165) is 38.4 Å². The zero-order valence-corrected chi connectivity index (χ0v) is 21.0. The topological polar surface area (TPSA) is 80.3 Å². The number of rotatable bonds is 7. The maximum atomic E-state index is 13.1. The Morgan fingerprint density at radius 1 is 0.917 bits per heavy atom. The van der Waals surface area contributed by atoms with Gasteiger partial charge in [-0.05, 0) is 41.7 Å². The van der Waals surface area contributed by atoms with Gasteiger partial charge >= 0.3 is 6.09 Å². The summed E-state index contributed by atoms with van der Waals surface area (Å²) < 4.78 is 5.69. The Labute approximate surface area is 214 Å². The van der Waals surface area contributed by atoms with Gasteiger partial charge in [-0.25, -0.2) is 9.78 Å². The highest BCUT2D eigenvalue weighted by Gasteiger charge is 2.30. The maximum absolute atomic E-state index is 13.1. The molecule has 4 aromatic rings. The summed E-state index contributed by atoms with van der Waals surface area (Å²) in [6.07, 6.45) is -0.292. The van der Waals surface area contributed by atoms with Crippen molar-refractivity contribution in [1.82, 2.24) is 10.3 Å². The smallest absolute Gasteiger partial charge is 0.407 e. The number of amides is 2. The molecule has 36 heavy (non-hydrogen) atoms. The lowest BCUT2D eigenvalue weighted by molar-refractivity contribution is -0.118. The van der Waals surface area contributed by atoms with E-state index in [-0.39, 0.29) is 18.4 Å². The number of thiazole rings is 1. The normalized spacial score (nSPS) is 12.9. The quantitative estimate of drug-likeness (QED) is 0.336. The lowest BCUT2D eigenvalue weighted by atomic mass is 9.98. The van der Waals surface area contributed by atoms with Crippen LogP contribution in [0.4, 0.5) is 9.93 Å². The Morgan fingerprint density at radius 3 is 2.14 bits per heavy atom. The Kier molecular flexibility index (Phi) is 6.82. The van der Waals surface area contributed by atoms with Crippen molar-refractivity contribution < 1.29 is 14.3 Å². The molecule has 1 atom stereocenters. The SMILES string of the molecule is Cc1nc(NC(=O)[C@H](Cc2ccccc2)NC(=O)OCC2c3ccccc3-c3ccccc32)sc1C. The van der Waals surface area contributed by atoms with Crippen LogP contribution in [0.2, 0.25) is 0 Å². The van der Waals surface area contributed by atoms with Crippen LogP contribution in [0.25, 0.3) is 11.1 Å². The molecule has 2 amide bonds. The molecule has 0 spiro atoms. The van der Waals surface area contributed by atoms with E-state index in [9.17, 15) is 9.59 Å². The monoisotopic (exact) mass is 497 g/mol. The number of carbonyl (C=O) groups is 2. The van der Waals surface area contributed by atoms with Crippen molar-refractivity contribution in [2.75, 3.05) is 11.9 Å². The number of fused-ring (bicyclic) bond motifs is 3. The van der Waals surface area contributed by atoms with E-state index in [0.29, 0.717) is 11.6 Å². The van der Waals surface area contributed by atoms with Crippen molar-refractivity contribution in [3.05, 3.63) is 106 Å². The van der Waals surface area contributed by atoms with Crippen LogP contribution in [-0.4, -0.2) is 29.6 Å². The zero-order valence-electron chi connectivity index (χ0n) is 20.2. The summed E-state index contributed by atoms with van der Waals surface area (Å²) >= 11 is 1.41. The molecule has 0 bridgehead atoms. The number of ether oxygens (including phenoxy) is 1. The first kappa shape index (κ1) is 23.8. The van der Waals surface area contributed by atoms with Gasteiger partial charge in [-0.2, -0.15) is 0 Å². The minimum Gasteiger partial charge on any atom is -0.449 e. The predicted molar refractivity (Wildman–Crippen MR) is 142 cm³/mol. The summed E-state index contributed by atoms with van der Waals surface area (Å²) in [5.41, 5.74) is 6.41. The molecule has 0 saturated heterocycles. The van der Waals surface area contributed by atoms with E-state index in [1.54, 1.807) is 0 Å². The van der Waals surface area contributed by atoms with Gasteiger partial charge in [-0.3, -0.25) is 4.79 Å². The summed E-state index contributed by atoms with van der Waals surface area (Å²) in [5, 5.41) is 6.15. The van der Waals surface area contributed by atoms with Crippen LogP contribution in [0.15, 0.2) is 78.9 Å². The summed E-state index contributed by atoms with van der Waals surface area (Å²) in [7, 11) is 0. The van der Waals surface area contributed by atoms with Crippen LogP contribution < -0.4 is 10.6 Å². The molecule has 3 aromatic carbocycles. The summed E-state index contributed by atoms with van der Waals surface area (Å²) in [6, 6.07) is 25.1. The van der Waals surface area contributed by atoms with Crippen molar-refractivity contribution in [2.24, 2.45) is 0 Å². The molecule has 0 fully saturated rings. The third kappa shape index (κ3) is 5.02. The Morgan fingerprint density at radius 2 is 1.53 bits per heavy atom. The Balaban J connectivity index is 1.29. The molecule has 2 N–H and O–H groups in total. The third-order valence-electron chi connectivity index (χ3n) is 6.49. The highest BCUT2D eigenvalue weighted by atomic mass is 32.1. The van der Waals surface area contributed by atoms with Gasteiger partial charge in [-0.15, -0.1) is 11.3 Å². The van der Waals surface area contributed by atoms with Gasteiger partial charge in [0.05, 0.1) is 5.69 Å². The van der Waals surface area contributed by atoms with Crippen molar-refractivity contribution in [3.63, 3.8) is 0 Å². The molecule has 1 aliphatic carbocycles. The Hall–Kier alpha value is -3.97. The van der Waals surface area contributed by atoms with Gasteiger partial charge in [-0.1, -0.05) is 78.9 Å². The lowest BCUT2D eigenvalue weighted by Gasteiger charge is -2.19. The predicted octanol–water partition coefficient (Wildman–Crippen LogP) is 5.85. The molecule has 0 aliphatic heterocycles. The second-order valence-electron chi connectivity index (χ2n) is 8.86. The summed E-state index contributed by atoms with van der Waals surface area (Å²) in [5.74, 6) is -0.382. The van der Waals surface area contributed by atoms with Gasteiger partial charge in [0.25, 0.3) is 0 Å². The van der Waals surface area contributed by atoms with E-state index in [2.05, 4.69) is 39.9 Å². The van der Waals surface area contributed by atoms with E-state index >= 15 is 0 Å². The number of aromatic nitrogens is 1. The highest BCUT2D eigenvalue weighted by molar-refractivity contribution is 7.15. The molecule has 0 unspecified atom stereocenters. The number of anilines is 1. The minimum absolute atomic E-state index is 0.0502. The number of alkyl carbamates (subject to hydrolysis) is 1. The molecule has 1 aliphatic rings. The fourth-order valence-corrected chi connectivity index (χ4v) is 5.38. The van der Waals surface area contributed by atoms with Crippen LogP contribution >= 0.6 is 11.3 Å². The molecule has 5 rings (SSSR count). The number of benzene rings is 3. The van der Waals surface area contributed by atoms with Crippen LogP contribution in [0.3, 0.4) is 0 Å². The standard InChI is InChI=1S/C29H27N3O3S/c1-18-19(2)36-28(30-18)32-27(33)26(16-20-10-4-3-5-11-20)31-29(34)35-17-25-23-14-8-6-12-21(23)22-13-7-9-15-24(22)25/h3-15,25-26H,16-17H2,1-2H3,(H,31,34)(H,30,32,33)/t26-/m0/s1. The third-order valence-corrected chi connectivity index (χ3v) is 7.48. The van der Waals surface area contributed by atoms with Gasteiger partial charge in [0.2, 0.25) is 5.91 Å². The van der Waals surface area contributed by atoms with E-state index < -0.39 is 12.1 Å². The van der Waals surface area contributed by atoms with E-state index in [1.165, 1.54) is 11.3 Å². The maximum Gasteiger partial charge on any atom is 0.407 e. The van der Waals surface area contributed by atoms with E-state index in [4.69, 9.17) is 4.74 Å². The number of carbonyl (C=O) groups excluding carboxylic acids is 2. The number of hydrogen-bond donors (Lipinski definition) is 2. The van der Waals surface area contributed by atoms with Crippen molar-refractivity contribution in [3.8, 4) is 11.1 Å². The molecule has 0 saturated carbocycles. The van der Waals surface area contributed by atoms with Crippen LogP contribution in [0.1, 0.15) is 33.2 Å². The lowest BCUT2D eigenvalue weighted by Crippen LogP contribution is -2.45. The van der Waals surface area contributed by atoms with Crippen molar-refractivity contribution in [1.29, 1.82) is 0 Å². The van der Waals surface area contributed by atoms with Crippen LogP contribution in [0.5, 0.6) is 0 Å². The number of hydrogen-bond acceptors (Lipinski definition) is 5. The minimum atomic E-state index is -0.812.